The molecule has 0 aliphatic rings. The fraction of sp³-hybridized carbons (Fsp3) is 0.333. The molecule has 0 aliphatic heterocycles. The Morgan fingerprint density at radius 2 is 2.15 bits per heavy atom. The van der Waals surface area contributed by atoms with Crippen LogP contribution in [0.15, 0.2) is 39.3 Å². The van der Waals surface area contributed by atoms with Crippen molar-refractivity contribution in [3.63, 3.8) is 0 Å². The van der Waals surface area contributed by atoms with Crippen LogP contribution in [0.4, 0.5) is 19.0 Å². The van der Waals surface area contributed by atoms with Crippen molar-refractivity contribution in [2.45, 2.75) is 29.8 Å². The van der Waals surface area contributed by atoms with Gasteiger partial charge in [0.25, 0.3) is 5.22 Å². The molecule has 0 saturated carbocycles. The van der Waals surface area contributed by atoms with Gasteiger partial charge in [0.1, 0.15) is 17.1 Å². The fourth-order valence-corrected chi connectivity index (χ4v) is 2.14. The summed E-state index contributed by atoms with van der Waals surface area (Å²) in [6.07, 6.45) is -0.851. The van der Waals surface area contributed by atoms with Gasteiger partial charge < -0.3 is 9.73 Å². The minimum absolute atomic E-state index is 0.181. The zero-order chi connectivity index (χ0) is 14.6. The lowest BCUT2D eigenvalue weighted by Crippen LogP contribution is -2.09. The summed E-state index contributed by atoms with van der Waals surface area (Å²) in [5.74, 6) is 0.190. The van der Waals surface area contributed by atoms with E-state index in [4.69, 9.17) is 4.42 Å². The van der Waals surface area contributed by atoms with E-state index in [9.17, 15) is 13.2 Å². The highest BCUT2D eigenvalue weighted by molar-refractivity contribution is 7.99. The number of rotatable bonds is 5. The summed E-state index contributed by atoms with van der Waals surface area (Å²) in [6.45, 7) is 2.47. The normalized spacial score (nSPS) is 11.6. The lowest BCUT2D eigenvalue weighted by Gasteiger charge is -2.11. The molecule has 4 nitrogen and oxygen atoms in total. The van der Waals surface area contributed by atoms with Gasteiger partial charge in [-0.1, -0.05) is 6.92 Å². The average Bonchev–Trinajstić information content (AvgIpc) is 2.88. The zero-order valence-corrected chi connectivity index (χ0v) is 11.4. The highest BCUT2D eigenvalue weighted by Gasteiger charge is 2.31. The maximum atomic E-state index is 12.8. The molecule has 0 spiro atoms. The van der Waals surface area contributed by atoms with Gasteiger partial charge in [-0.25, -0.2) is 9.97 Å². The molecule has 0 atom stereocenters. The van der Waals surface area contributed by atoms with Gasteiger partial charge >= 0.3 is 6.18 Å². The summed E-state index contributed by atoms with van der Waals surface area (Å²) in [4.78, 5) is 7.96. The first-order valence-corrected chi connectivity index (χ1v) is 6.71. The van der Waals surface area contributed by atoms with Crippen LogP contribution in [0.1, 0.15) is 18.9 Å². The third-order valence-corrected chi connectivity index (χ3v) is 3.08. The van der Waals surface area contributed by atoms with E-state index in [0.717, 1.165) is 30.3 Å². The van der Waals surface area contributed by atoms with Crippen molar-refractivity contribution in [2.75, 3.05) is 11.9 Å². The number of hydrogen-bond acceptors (Lipinski definition) is 5. The Balaban J connectivity index is 2.29. The van der Waals surface area contributed by atoms with E-state index in [0.29, 0.717) is 6.54 Å². The molecule has 2 heterocycles. The smallest absolute Gasteiger partial charge is 0.416 e. The first kappa shape index (κ1) is 14.7. The van der Waals surface area contributed by atoms with E-state index in [-0.39, 0.29) is 16.1 Å². The molecule has 20 heavy (non-hydrogen) atoms. The van der Waals surface area contributed by atoms with Crippen LogP contribution >= 0.6 is 11.8 Å². The highest BCUT2D eigenvalue weighted by Crippen LogP contribution is 2.34. The van der Waals surface area contributed by atoms with E-state index < -0.39 is 11.7 Å². The van der Waals surface area contributed by atoms with Crippen LogP contribution in [0.3, 0.4) is 0 Å². The molecule has 0 aromatic carbocycles. The van der Waals surface area contributed by atoms with Gasteiger partial charge in [-0.2, -0.15) is 13.2 Å². The molecule has 0 unspecified atom stereocenters. The summed E-state index contributed by atoms with van der Waals surface area (Å²) in [5.41, 5.74) is -0.750. The van der Waals surface area contributed by atoms with Gasteiger partial charge in [0.2, 0.25) is 0 Å². The van der Waals surface area contributed by atoms with Crippen molar-refractivity contribution in [3.8, 4) is 0 Å². The molecule has 2 rings (SSSR count). The zero-order valence-electron chi connectivity index (χ0n) is 10.6. The largest absolute Gasteiger partial charge is 0.440 e. The maximum absolute atomic E-state index is 12.8. The van der Waals surface area contributed by atoms with Crippen LogP contribution in [0.2, 0.25) is 0 Å². The van der Waals surface area contributed by atoms with E-state index in [1.54, 1.807) is 0 Å². The Labute approximate surface area is 117 Å². The molecular formula is C12H12F3N3OS. The van der Waals surface area contributed by atoms with Crippen LogP contribution in [0.25, 0.3) is 0 Å². The van der Waals surface area contributed by atoms with Gasteiger partial charge in [-0.15, -0.1) is 0 Å². The molecule has 0 bridgehead atoms. The minimum atomic E-state index is -4.42. The average molecular weight is 303 g/mol. The van der Waals surface area contributed by atoms with Crippen LogP contribution in [-0.2, 0) is 6.18 Å². The number of nitrogens with zero attached hydrogens (tertiary/aromatic N) is 2. The number of nitrogens with one attached hydrogen (secondary N) is 1. The van der Waals surface area contributed by atoms with Gasteiger partial charge in [0.05, 0.1) is 11.8 Å². The molecule has 2 aromatic heterocycles. The van der Waals surface area contributed by atoms with E-state index in [1.807, 2.05) is 6.92 Å². The third kappa shape index (κ3) is 3.89. The summed E-state index contributed by atoms with van der Waals surface area (Å²) >= 11 is 0.943. The monoisotopic (exact) mass is 303 g/mol. The molecular weight excluding hydrogens is 291 g/mol. The number of aromatic nitrogens is 2. The maximum Gasteiger partial charge on any atom is 0.416 e. The topological polar surface area (TPSA) is 51.0 Å². The Bertz CT molecular complexity index is 558. The lowest BCUT2D eigenvalue weighted by molar-refractivity contribution is -0.137. The molecule has 0 radical (unpaired) electrons. The van der Waals surface area contributed by atoms with Crippen molar-refractivity contribution in [1.29, 1.82) is 0 Å². The van der Waals surface area contributed by atoms with Gasteiger partial charge in [0, 0.05) is 6.54 Å². The highest BCUT2D eigenvalue weighted by atomic mass is 32.2. The van der Waals surface area contributed by atoms with Crippen molar-refractivity contribution in [3.05, 3.63) is 30.2 Å². The molecule has 0 saturated heterocycles. The Hall–Kier alpha value is -1.70. The predicted molar refractivity (Wildman–Crippen MR) is 68.6 cm³/mol. The van der Waals surface area contributed by atoms with Crippen LogP contribution < -0.4 is 5.32 Å². The van der Waals surface area contributed by atoms with Crippen LogP contribution in [-0.4, -0.2) is 16.5 Å². The quantitative estimate of drug-likeness (QED) is 0.902. The van der Waals surface area contributed by atoms with Gasteiger partial charge in [0.15, 0.2) is 0 Å². The Morgan fingerprint density at radius 3 is 2.75 bits per heavy atom. The molecule has 8 heteroatoms. The Kier molecular flexibility index (Phi) is 4.53. The van der Waals surface area contributed by atoms with Gasteiger partial charge in [-0.3, -0.25) is 0 Å². The number of alkyl halides is 3. The molecule has 2 aromatic rings. The second-order valence-corrected chi connectivity index (χ2v) is 4.88. The number of halogens is 3. The number of anilines is 1. The third-order valence-electron chi connectivity index (χ3n) is 2.29. The Morgan fingerprint density at radius 1 is 1.35 bits per heavy atom. The summed E-state index contributed by atoms with van der Waals surface area (Å²) in [7, 11) is 0. The van der Waals surface area contributed by atoms with Crippen molar-refractivity contribution < 1.29 is 17.6 Å². The van der Waals surface area contributed by atoms with E-state index >= 15 is 0 Å². The molecule has 0 fully saturated rings. The van der Waals surface area contributed by atoms with E-state index in [2.05, 4.69) is 15.3 Å². The fourth-order valence-electron chi connectivity index (χ4n) is 1.42. The lowest BCUT2D eigenvalue weighted by atomic mass is 10.2. The first-order valence-electron chi connectivity index (χ1n) is 5.89. The molecule has 108 valence electrons. The van der Waals surface area contributed by atoms with Crippen LogP contribution in [0, 0.1) is 0 Å². The predicted octanol–water partition coefficient (Wildman–Crippen LogP) is 4.06. The second kappa shape index (κ2) is 6.17. The summed E-state index contributed by atoms with van der Waals surface area (Å²) in [6, 6.07) is 1.97. The summed E-state index contributed by atoms with van der Waals surface area (Å²) < 4.78 is 43.5. The SMILES string of the molecule is CCCNc1cc(C(F)(F)F)cc(Sc2ncco2)n1. The second-order valence-electron chi connectivity index (χ2n) is 3.90. The van der Waals surface area contributed by atoms with Crippen molar-refractivity contribution >= 4 is 17.6 Å². The number of oxazole rings is 1. The van der Waals surface area contributed by atoms with E-state index in [1.165, 1.54) is 12.5 Å². The standard InChI is InChI=1S/C12H12F3N3OS/c1-2-3-16-9-6-8(12(13,14)15)7-10(18-9)20-11-17-4-5-19-11/h4-7H,2-3H2,1H3,(H,16,18). The number of pyridine rings is 1. The van der Waals surface area contributed by atoms with Crippen molar-refractivity contribution in [1.82, 2.24) is 9.97 Å². The molecule has 1 N–H and O–H groups in total. The number of hydrogen-bond donors (Lipinski definition) is 1. The summed E-state index contributed by atoms with van der Waals surface area (Å²) in [5, 5.41) is 3.28. The van der Waals surface area contributed by atoms with Crippen LogP contribution in [0.5, 0.6) is 0 Å². The van der Waals surface area contributed by atoms with Gasteiger partial charge in [-0.05, 0) is 30.3 Å². The molecule has 0 aliphatic carbocycles. The minimum Gasteiger partial charge on any atom is -0.440 e. The molecule has 0 amide bonds. The van der Waals surface area contributed by atoms with Crippen molar-refractivity contribution in [2.24, 2.45) is 0 Å². The first-order chi connectivity index (χ1) is 9.49.